The third kappa shape index (κ3) is 4.62. The van der Waals surface area contributed by atoms with E-state index in [1.807, 2.05) is 6.92 Å². The molecule has 2 fully saturated rings. The summed E-state index contributed by atoms with van der Waals surface area (Å²) in [7, 11) is 0. The SMILES string of the molecule is CCOCCCC(N)C1CCOC2(CCSCC2)C1. The van der Waals surface area contributed by atoms with Crippen LogP contribution < -0.4 is 5.73 Å². The second kappa shape index (κ2) is 7.87. The summed E-state index contributed by atoms with van der Waals surface area (Å²) in [5.41, 5.74) is 6.58. The summed E-state index contributed by atoms with van der Waals surface area (Å²) in [6.07, 6.45) is 6.96. The van der Waals surface area contributed by atoms with Gasteiger partial charge in [0.1, 0.15) is 0 Å². The van der Waals surface area contributed by atoms with Crippen LogP contribution in [0.3, 0.4) is 0 Å². The van der Waals surface area contributed by atoms with Crippen molar-refractivity contribution in [3.05, 3.63) is 0 Å². The van der Waals surface area contributed by atoms with Crippen molar-refractivity contribution >= 4 is 11.8 Å². The number of hydrogen-bond donors (Lipinski definition) is 1. The van der Waals surface area contributed by atoms with Gasteiger partial charge in [-0.15, -0.1) is 0 Å². The molecule has 19 heavy (non-hydrogen) atoms. The lowest BCUT2D eigenvalue weighted by Crippen LogP contribution is -2.47. The molecule has 2 N–H and O–H groups in total. The van der Waals surface area contributed by atoms with Gasteiger partial charge in [0.15, 0.2) is 0 Å². The standard InChI is InChI=1S/C15H29NO2S/c1-2-17-8-3-4-14(16)13-5-9-18-15(12-13)6-10-19-11-7-15/h13-14H,2-12,16H2,1H3. The first-order valence-electron chi connectivity index (χ1n) is 7.81. The van der Waals surface area contributed by atoms with E-state index in [1.54, 1.807) is 0 Å². The number of hydrogen-bond acceptors (Lipinski definition) is 4. The zero-order valence-electron chi connectivity index (χ0n) is 12.2. The summed E-state index contributed by atoms with van der Waals surface area (Å²) >= 11 is 2.06. The average molecular weight is 287 g/mol. The van der Waals surface area contributed by atoms with E-state index in [2.05, 4.69) is 11.8 Å². The first kappa shape index (κ1) is 15.6. The van der Waals surface area contributed by atoms with E-state index in [4.69, 9.17) is 15.2 Å². The van der Waals surface area contributed by atoms with Crippen LogP contribution in [-0.4, -0.2) is 43.0 Å². The Labute approximate surface area is 122 Å². The van der Waals surface area contributed by atoms with Gasteiger partial charge < -0.3 is 15.2 Å². The van der Waals surface area contributed by atoms with Crippen LogP contribution >= 0.6 is 11.8 Å². The maximum absolute atomic E-state index is 6.40. The Balaban J connectivity index is 1.76. The number of thioether (sulfide) groups is 1. The van der Waals surface area contributed by atoms with Crippen molar-refractivity contribution in [2.45, 2.75) is 57.1 Å². The average Bonchev–Trinajstić information content (AvgIpc) is 2.44. The molecule has 0 aromatic heterocycles. The van der Waals surface area contributed by atoms with E-state index in [-0.39, 0.29) is 5.60 Å². The monoisotopic (exact) mass is 287 g/mol. The summed E-state index contributed by atoms with van der Waals surface area (Å²) < 4.78 is 11.5. The van der Waals surface area contributed by atoms with Gasteiger partial charge in [-0.25, -0.2) is 0 Å². The summed E-state index contributed by atoms with van der Waals surface area (Å²) in [5.74, 6) is 3.16. The quantitative estimate of drug-likeness (QED) is 0.763. The largest absolute Gasteiger partial charge is 0.382 e. The highest BCUT2D eigenvalue weighted by molar-refractivity contribution is 7.99. The van der Waals surface area contributed by atoms with Gasteiger partial charge in [-0.3, -0.25) is 0 Å². The van der Waals surface area contributed by atoms with Crippen LogP contribution in [0, 0.1) is 5.92 Å². The highest BCUT2D eigenvalue weighted by Crippen LogP contribution is 2.40. The van der Waals surface area contributed by atoms with Gasteiger partial charge in [-0.1, -0.05) is 0 Å². The Bertz CT molecular complexity index is 251. The van der Waals surface area contributed by atoms with E-state index in [1.165, 1.54) is 30.8 Å². The van der Waals surface area contributed by atoms with Crippen molar-refractivity contribution in [1.29, 1.82) is 0 Å². The first-order valence-corrected chi connectivity index (χ1v) is 8.96. The van der Waals surface area contributed by atoms with Crippen LogP contribution in [0.25, 0.3) is 0 Å². The maximum atomic E-state index is 6.40. The lowest BCUT2D eigenvalue weighted by atomic mass is 9.78. The molecule has 0 bridgehead atoms. The molecule has 2 aliphatic rings. The van der Waals surface area contributed by atoms with Gasteiger partial charge >= 0.3 is 0 Å². The van der Waals surface area contributed by atoms with Gasteiger partial charge in [0.05, 0.1) is 5.60 Å². The van der Waals surface area contributed by atoms with Gasteiger partial charge in [0.2, 0.25) is 0 Å². The Hall–Kier alpha value is 0.230. The molecule has 3 nitrogen and oxygen atoms in total. The summed E-state index contributed by atoms with van der Waals surface area (Å²) in [6.45, 7) is 4.63. The van der Waals surface area contributed by atoms with Gasteiger partial charge in [-0.05, 0) is 62.9 Å². The lowest BCUT2D eigenvalue weighted by molar-refractivity contribution is -0.106. The third-order valence-electron chi connectivity index (χ3n) is 4.57. The molecule has 1 spiro atoms. The van der Waals surface area contributed by atoms with E-state index in [0.29, 0.717) is 12.0 Å². The van der Waals surface area contributed by atoms with Crippen LogP contribution in [0.5, 0.6) is 0 Å². The second-order valence-corrected chi connectivity index (χ2v) is 7.12. The molecule has 2 rings (SSSR count). The normalized spacial score (nSPS) is 28.4. The summed E-state index contributed by atoms with van der Waals surface area (Å²) in [4.78, 5) is 0. The molecule has 2 heterocycles. The van der Waals surface area contributed by atoms with Crippen molar-refractivity contribution in [2.75, 3.05) is 31.3 Å². The molecular weight excluding hydrogens is 258 g/mol. The molecule has 2 saturated heterocycles. The molecule has 0 amide bonds. The van der Waals surface area contributed by atoms with E-state index in [0.717, 1.165) is 39.1 Å². The lowest BCUT2D eigenvalue weighted by Gasteiger charge is -2.44. The molecule has 2 atom stereocenters. The predicted molar refractivity (Wildman–Crippen MR) is 81.7 cm³/mol. The molecule has 0 aromatic carbocycles. The van der Waals surface area contributed by atoms with E-state index < -0.39 is 0 Å². The summed E-state index contributed by atoms with van der Waals surface area (Å²) in [5, 5.41) is 0. The fourth-order valence-corrected chi connectivity index (χ4v) is 4.56. The topological polar surface area (TPSA) is 44.5 Å². The Kier molecular flexibility index (Phi) is 6.46. The van der Waals surface area contributed by atoms with Crippen LogP contribution in [0.15, 0.2) is 0 Å². The maximum Gasteiger partial charge on any atom is 0.0701 e. The molecule has 112 valence electrons. The molecule has 0 radical (unpaired) electrons. The Morgan fingerprint density at radius 1 is 1.42 bits per heavy atom. The molecule has 0 saturated carbocycles. The van der Waals surface area contributed by atoms with Gasteiger partial charge in [-0.2, -0.15) is 11.8 Å². The van der Waals surface area contributed by atoms with E-state index in [9.17, 15) is 0 Å². The fraction of sp³-hybridized carbons (Fsp3) is 1.00. The minimum absolute atomic E-state index is 0.172. The second-order valence-electron chi connectivity index (χ2n) is 5.90. The third-order valence-corrected chi connectivity index (χ3v) is 5.56. The molecule has 2 aliphatic heterocycles. The van der Waals surface area contributed by atoms with Crippen molar-refractivity contribution in [3.8, 4) is 0 Å². The van der Waals surface area contributed by atoms with Crippen LogP contribution in [0.1, 0.15) is 45.4 Å². The number of rotatable bonds is 6. The van der Waals surface area contributed by atoms with Crippen molar-refractivity contribution in [3.63, 3.8) is 0 Å². The zero-order chi connectivity index (χ0) is 13.6. The van der Waals surface area contributed by atoms with Gasteiger partial charge in [0.25, 0.3) is 0 Å². The predicted octanol–water partition coefficient (Wildman–Crippen LogP) is 2.82. The first-order chi connectivity index (χ1) is 9.26. The Morgan fingerprint density at radius 3 is 2.95 bits per heavy atom. The number of nitrogens with two attached hydrogens (primary N) is 1. The van der Waals surface area contributed by atoms with Crippen LogP contribution in [0.4, 0.5) is 0 Å². The Morgan fingerprint density at radius 2 is 2.21 bits per heavy atom. The van der Waals surface area contributed by atoms with Crippen molar-refractivity contribution in [2.24, 2.45) is 11.7 Å². The fourth-order valence-electron chi connectivity index (χ4n) is 3.32. The minimum Gasteiger partial charge on any atom is -0.382 e. The molecule has 2 unspecified atom stereocenters. The van der Waals surface area contributed by atoms with Crippen LogP contribution in [0.2, 0.25) is 0 Å². The van der Waals surface area contributed by atoms with Crippen molar-refractivity contribution < 1.29 is 9.47 Å². The highest BCUT2D eigenvalue weighted by atomic mass is 32.2. The number of ether oxygens (including phenoxy) is 2. The molecule has 0 aromatic rings. The minimum atomic E-state index is 0.172. The highest BCUT2D eigenvalue weighted by Gasteiger charge is 2.40. The van der Waals surface area contributed by atoms with Crippen LogP contribution in [-0.2, 0) is 9.47 Å². The van der Waals surface area contributed by atoms with Gasteiger partial charge in [0, 0.05) is 25.9 Å². The molecule has 0 aliphatic carbocycles. The van der Waals surface area contributed by atoms with Crippen molar-refractivity contribution in [1.82, 2.24) is 0 Å². The molecule has 4 heteroatoms. The smallest absolute Gasteiger partial charge is 0.0701 e. The molecular formula is C15H29NO2S. The van der Waals surface area contributed by atoms with E-state index >= 15 is 0 Å². The zero-order valence-corrected chi connectivity index (χ0v) is 13.1. The summed E-state index contributed by atoms with van der Waals surface area (Å²) in [6, 6.07) is 0.329.